The third-order valence-corrected chi connectivity index (χ3v) is 6.47. The van der Waals surface area contributed by atoms with Gasteiger partial charge in [0.15, 0.2) is 0 Å². The summed E-state index contributed by atoms with van der Waals surface area (Å²) in [4.78, 5) is 16.6. The molecule has 0 spiro atoms. The fourth-order valence-electron chi connectivity index (χ4n) is 3.29. The summed E-state index contributed by atoms with van der Waals surface area (Å²) in [6, 6.07) is 21.4. The van der Waals surface area contributed by atoms with Crippen molar-refractivity contribution < 1.29 is 22.3 Å². The predicted octanol–water partition coefficient (Wildman–Crippen LogP) is 4.15. The maximum absolute atomic E-state index is 13.4. The van der Waals surface area contributed by atoms with Gasteiger partial charge < -0.3 is 10.1 Å². The van der Waals surface area contributed by atoms with E-state index in [4.69, 9.17) is 4.74 Å². The number of benzene rings is 3. The van der Waals surface area contributed by atoms with Crippen LogP contribution < -0.4 is 14.8 Å². The number of carbonyl (C=O) groups excluding carboxylic acids is 1. The van der Waals surface area contributed by atoms with E-state index in [1.807, 2.05) is 24.3 Å². The number of rotatable bonds is 9. The quantitative estimate of drug-likeness (QED) is 0.376. The van der Waals surface area contributed by atoms with Crippen molar-refractivity contribution in [2.24, 2.45) is 0 Å². The Labute approximate surface area is 196 Å². The number of carbonyl (C=O) groups is 1. The molecular weight excluding hydrogens is 457 g/mol. The fraction of sp³-hybridized carbons (Fsp3) is 0.120. The van der Waals surface area contributed by atoms with Crippen LogP contribution in [-0.2, 0) is 21.4 Å². The van der Waals surface area contributed by atoms with Crippen molar-refractivity contribution in [3.8, 4) is 11.6 Å². The summed E-state index contributed by atoms with van der Waals surface area (Å²) in [6.45, 7) is 0.0649. The topological polar surface area (TPSA) is 97.4 Å². The molecule has 0 saturated carbocycles. The first kappa shape index (κ1) is 23.3. The van der Waals surface area contributed by atoms with E-state index in [2.05, 4.69) is 15.0 Å². The van der Waals surface area contributed by atoms with Crippen LogP contribution in [0.1, 0.15) is 12.0 Å². The molecule has 0 atom stereocenters. The van der Waals surface area contributed by atoms with E-state index in [0.29, 0.717) is 5.56 Å². The lowest BCUT2D eigenvalue weighted by molar-refractivity contribution is -0.121. The van der Waals surface area contributed by atoms with Gasteiger partial charge in [-0.1, -0.05) is 42.5 Å². The Kier molecular flexibility index (Phi) is 7.15. The molecular formula is C25H22FN3O4S. The van der Waals surface area contributed by atoms with Gasteiger partial charge in [-0.3, -0.25) is 4.79 Å². The summed E-state index contributed by atoms with van der Waals surface area (Å²) in [5.41, 5.74) is 0.594. The molecule has 4 rings (SSSR count). The molecule has 2 N–H and O–H groups in total. The Morgan fingerprint density at radius 2 is 1.76 bits per heavy atom. The first-order valence-electron chi connectivity index (χ1n) is 10.5. The van der Waals surface area contributed by atoms with Crippen molar-refractivity contribution >= 4 is 26.7 Å². The van der Waals surface area contributed by atoms with Gasteiger partial charge in [-0.15, -0.1) is 0 Å². The average molecular weight is 480 g/mol. The second-order valence-electron chi connectivity index (χ2n) is 7.46. The minimum absolute atomic E-state index is 0.0485. The number of nitrogens with one attached hydrogen (secondary N) is 2. The molecule has 34 heavy (non-hydrogen) atoms. The van der Waals surface area contributed by atoms with Crippen LogP contribution in [0.2, 0.25) is 0 Å². The standard InChI is InChI=1S/C25H22FN3O4S/c26-21-8-3-9-22(16-21)33-25-20(7-4-13-27-25)17-28-24(30)12-14-29-34(31,32)23-11-10-18-5-1-2-6-19(18)15-23/h1-11,13,15-16,29H,12,14,17H2,(H,28,30). The number of nitrogens with zero attached hydrogens (tertiary/aromatic N) is 1. The highest BCUT2D eigenvalue weighted by Crippen LogP contribution is 2.23. The van der Waals surface area contributed by atoms with E-state index in [1.54, 1.807) is 30.3 Å². The summed E-state index contributed by atoms with van der Waals surface area (Å²) < 4.78 is 46.7. The van der Waals surface area contributed by atoms with Gasteiger partial charge in [-0.05, 0) is 41.1 Å². The van der Waals surface area contributed by atoms with Crippen LogP contribution in [0.15, 0.2) is 90.0 Å². The van der Waals surface area contributed by atoms with Crippen LogP contribution in [0, 0.1) is 5.82 Å². The van der Waals surface area contributed by atoms with Gasteiger partial charge in [0.25, 0.3) is 0 Å². The van der Waals surface area contributed by atoms with Crippen molar-refractivity contribution in [3.63, 3.8) is 0 Å². The fourth-order valence-corrected chi connectivity index (χ4v) is 4.36. The number of hydrogen-bond acceptors (Lipinski definition) is 5. The van der Waals surface area contributed by atoms with Gasteiger partial charge in [0.1, 0.15) is 11.6 Å². The maximum Gasteiger partial charge on any atom is 0.240 e. The summed E-state index contributed by atoms with van der Waals surface area (Å²) >= 11 is 0. The zero-order valence-electron chi connectivity index (χ0n) is 18.1. The number of hydrogen-bond donors (Lipinski definition) is 2. The van der Waals surface area contributed by atoms with Gasteiger partial charge in [-0.2, -0.15) is 0 Å². The number of fused-ring (bicyclic) bond motifs is 1. The molecule has 0 radical (unpaired) electrons. The third kappa shape index (κ3) is 5.94. The lowest BCUT2D eigenvalue weighted by Crippen LogP contribution is -2.30. The highest BCUT2D eigenvalue weighted by Gasteiger charge is 2.15. The van der Waals surface area contributed by atoms with E-state index in [-0.39, 0.29) is 41.9 Å². The molecule has 1 amide bonds. The Bertz CT molecular complexity index is 1430. The molecule has 0 aliphatic heterocycles. The van der Waals surface area contributed by atoms with Crippen molar-refractivity contribution in [1.82, 2.24) is 15.0 Å². The first-order valence-corrected chi connectivity index (χ1v) is 12.0. The van der Waals surface area contributed by atoms with Gasteiger partial charge in [-0.25, -0.2) is 22.5 Å². The zero-order valence-corrected chi connectivity index (χ0v) is 18.9. The maximum atomic E-state index is 13.4. The number of sulfonamides is 1. The van der Waals surface area contributed by atoms with Gasteiger partial charge >= 0.3 is 0 Å². The van der Waals surface area contributed by atoms with Crippen LogP contribution >= 0.6 is 0 Å². The highest BCUT2D eigenvalue weighted by molar-refractivity contribution is 7.89. The molecule has 0 unspecified atom stereocenters. The van der Waals surface area contributed by atoms with Crippen LogP contribution in [0.4, 0.5) is 4.39 Å². The van der Waals surface area contributed by atoms with Crippen LogP contribution in [0.25, 0.3) is 10.8 Å². The lowest BCUT2D eigenvalue weighted by Gasteiger charge is -2.11. The van der Waals surface area contributed by atoms with Gasteiger partial charge in [0.2, 0.25) is 21.8 Å². The van der Waals surface area contributed by atoms with Crippen LogP contribution in [0.3, 0.4) is 0 Å². The molecule has 0 fully saturated rings. The minimum atomic E-state index is -3.75. The lowest BCUT2D eigenvalue weighted by atomic mass is 10.1. The van der Waals surface area contributed by atoms with Crippen molar-refractivity contribution in [1.29, 1.82) is 0 Å². The number of pyridine rings is 1. The summed E-state index contributed by atoms with van der Waals surface area (Å²) in [6.07, 6.45) is 1.48. The molecule has 3 aromatic carbocycles. The number of amides is 1. The summed E-state index contributed by atoms with van der Waals surface area (Å²) in [5.74, 6) is -0.254. The third-order valence-electron chi connectivity index (χ3n) is 5.01. The Hall–Kier alpha value is -3.82. The minimum Gasteiger partial charge on any atom is -0.439 e. The van der Waals surface area contributed by atoms with Crippen molar-refractivity contribution in [2.45, 2.75) is 17.9 Å². The molecule has 9 heteroatoms. The highest BCUT2D eigenvalue weighted by atomic mass is 32.2. The van der Waals surface area contributed by atoms with Crippen molar-refractivity contribution in [2.75, 3.05) is 6.54 Å². The van der Waals surface area contributed by atoms with E-state index in [0.717, 1.165) is 10.8 Å². The molecule has 0 aliphatic rings. The summed E-state index contributed by atoms with van der Waals surface area (Å²) in [7, 11) is -3.75. The Morgan fingerprint density at radius 3 is 2.59 bits per heavy atom. The molecule has 0 bridgehead atoms. The molecule has 0 saturated heterocycles. The van der Waals surface area contributed by atoms with E-state index in [9.17, 15) is 17.6 Å². The normalized spacial score (nSPS) is 11.3. The SMILES string of the molecule is O=C(CCNS(=O)(=O)c1ccc2ccccc2c1)NCc1cccnc1Oc1cccc(F)c1. The van der Waals surface area contributed by atoms with Gasteiger partial charge in [0.05, 0.1) is 4.90 Å². The van der Waals surface area contributed by atoms with E-state index < -0.39 is 15.8 Å². The predicted molar refractivity (Wildman–Crippen MR) is 126 cm³/mol. The van der Waals surface area contributed by atoms with E-state index in [1.165, 1.54) is 30.5 Å². The number of halogens is 1. The Morgan fingerprint density at radius 1 is 0.941 bits per heavy atom. The van der Waals surface area contributed by atoms with Crippen LogP contribution in [-0.4, -0.2) is 25.9 Å². The van der Waals surface area contributed by atoms with Gasteiger partial charge in [0, 0.05) is 37.3 Å². The molecule has 4 aromatic rings. The monoisotopic (exact) mass is 479 g/mol. The van der Waals surface area contributed by atoms with Crippen LogP contribution in [0.5, 0.6) is 11.6 Å². The molecule has 1 aromatic heterocycles. The Balaban J connectivity index is 1.30. The molecule has 7 nitrogen and oxygen atoms in total. The first-order chi connectivity index (χ1) is 16.4. The van der Waals surface area contributed by atoms with Crippen molar-refractivity contribution in [3.05, 3.63) is 96.4 Å². The van der Waals surface area contributed by atoms with E-state index >= 15 is 0 Å². The average Bonchev–Trinajstić information content (AvgIpc) is 2.83. The largest absolute Gasteiger partial charge is 0.439 e. The second kappa shape index (κ2) is 10.4. The molecule has 0 aliphatic carbocycles. The zero-order chi connectivity index (χ0) is 24.0. The number of ether oxygens (including phenoxy) is 1. The summed E-state index contributed by atoms with van der Waals surface area (Å²) in [5, 5.41) is 4.48. The number of aromatic nitrogens is 1. The smallest absolute Gasteiger partial charge is 0.240 e. The second-order valence-corrected chi connectivity index (χ2v) is 9.23. The molecule has 174 valence electrons. The molecule has 1 heterocycles.